The number of rotatable bonds is 6. The monoisotopic (exact) mass is 297 g/mol. The van der Waals surface area contributed by atoms with Gasteiger partial charge in [0.1, 0.15) is 0 Å². The van der Waals surface area contributed by atoms with E-state index < -0.39 is 5.97 Å². The van der Waals surface area contributed by atoms with Gasteiger partial charge in [0.15, 0.2) is 0 Å². The van der Waals surface area contributed by atoms with Crippen LogP contribution < -0.4 is 5.32 Å². The first-order valence-electron chi connectivity index (χ1n) is 6.35. The van der Waals surface area contributed by atoms with Gasteiger partial charge in [0, 0.05) is 6.42 Å². The number of anilines is 1. The minimum atomic E-state index is -0.821. The molecule has 1 aliphatic rings. The predicted octanol–water partition coefficient (Wildman–Crippen LogP) is 2.22. The Labute approximate surface area is 122 Å². The van der Waals surface area contributed by atoms with Gasteiger partial charge in [0.2, 0.25) is 5.96 Å². The lowest BCUT2D eigenvalue weighted by atomic mass is 10.3. The molecule has 0 bridgehead atoms. The van der Waals surface area contributed by atoms with E-state index >= 15 is 0 Å². The fraction of sp³-hybridized carbons (Fsp3) is 0.385. The Morgan fingerprint density at radius 3 is 3.05 bits per heavy atom. The summed E-state index contributed by atoms with van der Waals surface area (Å²) in [6.07, 6.45) is 0.559. The van der Waals surface area contributed by atoms with Crippen molar-refractivity contribution in [2.24, 2.45) is 4.99 Å². The lowest BCUT2D eigenvalue weighted by Gasteiger charge is -2.20. The minimum absolute atomic E-state index is 0.0955. The molecule has 0 saturated carbocycles. The third kappa shape index (κ3) is 4.11. The number of aliphatic carboxylic acids is 1. The number of hydrogen-bond acceptors (Lipinski definition) is 5. The lowest BCUT2D eigenvalue weighted by molar-refractivity contribution is -0.138. The van der Waals surface area contributed by atoms with E-state index in [2.05, 4.69) is 10.3 Å². The van der Waals surface area contributed by atoms with Crippen LogP contribution in [-0.2, 0) is 9.63 Å². The van der Waals surface area contributed by atoms with Crippen molar-refractivity contribution in [1.82, 2.24) is 5.06 Å². The van der Waals surface area contributed by atoms with Crippen molar-refractivity contribution in [3.8, 4) is 0 Å². The van der Waals surface area contributed by atoms with Gasteiger partial charge < -0.3 is 10.4 Å². The quantitative estimate of drug-likeness (QED) is 0.788. The molecule has 1 aromatic rings. The van der Waals surface area contributed by atoms with Crippen LogP contribution in [0.5, 0.6) is 0 Å². The van der Waals surface area contributed by atoms with Crippen LogP contribution in [0.15, 0.2) is 29.3 Å². The van der Waals surface area contributed by atoms with Crippen LogP contribution >= 0.6 is 11.6 Å². The smallest absolute Gasteiger partial charge is 0.303 e. The van der Waals surface area contributed by atoms with Crippen molar-refractivity contribution >= 4 is 29.2 Å². The number of para-hydroxylation sites is 1. The second-order valence-corrected chi connectivity index (χ2v) is 4.65. The summed E-state index contributed by atoms with van der Waals surface area (Å²) in [5.41, 5.74) is 0.758. The molecule has 0 aromatic heterocycles. The number of nitrogens with one attached hydrogen (secondary N) is 1. The molecule has 2 rings (SSSR count). The molecule has 0 aliphatic carbocycles. The second-order valence-electron chi connectivity index (χ2n) is 4.24. The molecule has 0 atom stereocenters. The van der Waals surface area contributed by atoms with Crippen LogP contribution in [0.3, 0.4) is 0 Å². The summed E-state index contributed by atoms with van der Waals surface area (Å²) >= 11 is 6.07. The number of carboxylic acid groups (broad SMARTS) is 1. The summed E-state index contributed by atoms with van der Waals surface area (Å²) in [6, 6.07) is 7.37. The highest BCUT2D eigenvalue weighted by Gasteiger charge is 2.18. The second kappa shape index (κ2) is 7.12. The van der Waals surface area contributed by atoms with Gasteiger partial charge in [-0.1, -0.05) is 23.7 Å². The highest BCUT2D eigenvalue weighted by Crippen LogP contribution is 2.21. The lowest BCUT2D eigenvalue weighted by Crippen LogP contribution is -2.33. The molecule has 0 unspecified atom stereocenters. The van der Waals surface area contributed by atoms with Crippen LogP contribution in [0.4, 0.5) is 5.69 Å². The summed E-state index contributed by atoms with van der Waals surface area (Å²) in [4.78, 5) is 20.2. The average molecular weight is 298 g/mol. The number of hydrogen-bond donors (Lipinski definition) is 2. The number of guanidine groups is 1. The molecule has 0 radical (unpaired) electrons. The molecule has 108 valence electrons. The first-order valence-corrected chi connectivity index (χ1v) is 6.73. The van der Waals surface area contributed by atoms with Crippen LogP contribution in [0, 0.1) is 0 Å². The molecule has 1 aromatic carbocycles. The fourth-order valence-corrected chi connectivity index (χ4v) is 1.92. The SMILES string of the molecule is O=C(O)CCCON1CCN=C1Nc1ccccc1Cl. The summed E-state index contributed by atoms with van der Waals surface area (Å²) in [5, 5.41) is 13.9. The highest BCUT2D eigenvalue weighted by molar-refractivity contribution is 6.33. The maximum Gasteiger partial charge on any atom is 0.303 e. The minimum Gasteiger partial charge on any atom is -0.481 e. The summed E-state index contributed by atoms with van der Waals surface area (Å²) in [7, 11) is 0. The van der Waals surface area contributed by atoms with Crippen molar-refractivity contribution in [2.45, 2.75) is 12.8 Å². The molecule has 2 N–H and O–H groups in total. The van der Waals surface area contributed by atoms with E-state index in [-0.39, 0.29) is 6.42 Å². The first-order chi connectivity index (χ1) is 9.66. The van der Waals surface area contributed by atoms with Gasteiger partial charge >= 0.3 is 5.97 Å². The predicted molar refractivity (Wildman–Crippen MR) is 76.9 cm³/mol. The Morgan fingerprint density at radius 2 is 2.30 bits per heavy atom. The van der Waals surface area contributed by atoms with Crippen molar-refractivity contribution in [3.05, 3.63) is 29.3 Å². The first kappa shape index (κ1) is 14.6. The highest BCUT2D eigenvalue weighted by atomic mass is 35.5. The number of hydroxylamine groups is 2. The number of halogens is 1. The van der Waals surface area contributed by atoms with E-state index in [9.17, 15) is 4.79 Å². The number of carbonyl (C=O) groups is 1. The Bertz CT molecular complexity index is 507. The maximum atomic E-state index is 10.4. The molecule has 0 amide bonds. The number of nitrogens with zero attached hydrogens (tertiary/aromatic N) is 2. The number of aliphatic imine (C=N–C) groups is 1. The van der Waals surface area contributed by atoms with Gasteiger partial charge in [-0.05, 0) is 18.6 Å². The van der Waals surface area contributed by atoms with Crippen molar-refractivity contribution < 1.29 is 14.7 Å². The summed E-state index contributed by atoms with van der Waals surface area (Å²) in [5.74, 6) is -0.230. The van der Waals surface area contributed by atoms with Gasteiger partial charge in [-0.15, -0.1) is 0 Å². The third-order valence-electron chi connectivity index (χ3n) is 2.70. The van der Waals surface area contributed by atoms with E-state index in [1.165, 1.54) is 0 Å². The molecular formula is C13H16ClN3O3. The Kier molecular flexibility index (Phi) is 5.20. The van der Waals surface area contributed by atoms with Crippen molar-refractivity contribution in [3.63, 3.8) is 0 Å². The Balaban J connectivity index is 1.85. The molecule has 6 nitrogen and oxygen atoms in total. The van der Waals surface area contributed by atoms with Gasteiger partial charge in [0.05, 0.1) is 30.4 Å². The molecule has 0 saturated heterocycles. The van der Waals surface area contributed by atoms with Crippen LogP contribution in [0.1, 0.15) is 12.8 Å². The zero-order chi connectivity index (χ0) is 14.4. The number of carboxylic acids is 1. The molecule has 7 heteroatoms. The normalized spacial score (nSPS) is 14.2. The van der Waals surface area contributed by atoms with Gasteiger partial charge in [0.25, 0.3) is 0 Å². The molecule has 0 spiro atoms. The fourth-order valence-electron chi connectivity index (χ4n) is 1.74. The molecule has 0 fully saturated rings. The standard InChI is InChI=1S/C13H16ClN3O3/c14-10-4-1-2-5-11(10)16-13-15-7-8-17(13)20-9-3-6-12(18)19/h1-2,4-5H,3,6-9H2,(H,15,16)(H,18,19). The maximum absolute atomic E-state index is 10.4. The van der Waals surface area contributed by atoms with E-state index in [0.717, 1.165) is 5.69 Å². The Morgan fingerprint density at radius 1 is 1.50 bits per heavy atom. The van der Waals surface area contributed by atoms with Crippen LogP contribution in [0.2, 0.25) is 5.02 Å². The average Bonchev–Trinajstić information content (AvgIpc) is 2.85. The van der Waals surface area contributed by atoms with E-state index in [1.54, 1.807) is 11.1 Å². The van der Waals surface area contributed by atoms with Crippen molar-refractivity contribution in [2.75, 3.05) is 25.0 Å². The summed E-state index contributed by atoms with van der Waals surface area (Å²) < 4.78 is 0. The zero-order valence-corrected chi connectivity index (χ0v) is 11.6. The van der Waals surface area contributed by atoms with Crippen LogP contribution in [0.25, 0.3) is 0 Å². The Hall–Kier alpha value is -1.79. The van der Waals surface area contributed by atoms with Gasteiger partial charge in [-0.25, -0.2) is 10.1 Å². The number of benzene rings is 1. The summed E-state index contributed by atoms with van der Waals surface area (Å²) in [6.45, 7) is 1.61. The van der Waals surface area contributed by atoms with Gasteiger partial charge in [-0.3, -0.25) is 9.63 Å². The molecule has 1 aliphatic heterocycles. The van der Waals surface area contributed by atoms with Crippen molar-refractivity contribution in [1.29, 1.82) is 0 Å². The van der Waals surface area contributed by atoms with E-state index in [0.29, 0.717) is 37.1 Å². The molecule has 1 heterocycles. The molecule has 20 heavy (non-hydrogen) atoms. The van der Waals surface area contributed by atoms with Crippen LogP contribution in [-0.4, -0.2) is 41.8 Å². The van der Waals surface area contributed by atoms with E-state index in [4.69, 9.17) is 21.5 Å². The third-order valence-corrected chi connectivity index (χ3v) is 3.03. The van der Waals surface area contributed by atoms with E-state index in [1.807, 2.05) is 18.2 Å². The molecular weight excluding hydrogens is 282 g/mol. The largest absolute Gasteiger partial charge is 0.481 e. The topological polar surface area (TPSA) is 74.2 Å². The zero-order valence-electron chi connectivity index (χ0n) is 10.9. The van der Waals surface area contributed by atoms with Gasteiger partial charge in [-0.2, -0.15) is 0 Å².